The first-order chi connectivity index (χ1) is 19.4. The van der Waals surface area contributed by atoms with Gasteiger partial charge >= 0.3 is 0 Å². The number of benzene rings is 2. The molecule has 0 saturated carbocycles. The van der Waals surface area contributed by atoms with E-state index in [1.807, 2.05) is 0 Å². The zero-order chi connectivity index (χ0) is 29.0. The Morgan fingerprint density at radius 2 is 1.02 bits per heavy atom. The van der Waals surface area contributed by atoms with Crippen LogP contribution in [0.1, 0.15) is 139 Å². The summed E-state index contributed by atoms with van der Waals surface area (Å²) in [6.45, 7) is 13.2. The second kappa shape index (κ2) is 20.4. The third-order valence-corrected chi connectivity index (χ3v) is 8.06. The second-order valence-electron chi connectivity index (χ2n) is 11.8. The highest BCUT2D eigenvalue weighted by Gasteiger charge is 2.09. The van der Waals surface area contributed by atoms with Crippen LogP contribution in [-0.2, 0) is 0 Å². The standard InChI is InChI=1S/C38H58N2/c1-7-9-11-12-13-14-15-16-17-18-19-20-21-22-24-38(40-36-28-26-32(4)34(6)30-36)37(23-10-8-2)39-35-27-25-31(3)33(5)29-35/h22,24-30H,7-21,23H2,1-6H3/b24-22+,39-37?,40-38?. The smallest absolute Gasteiger partial charge is 0.0848 e. The molecule has 2 aromatic rings. The molecule has 0 spiro atoms. The number of rotatable bonds is 20. The van der Waals surface area contributed by atoms with Gasteiger partial charge in [-0.15, -0.1) is 0 Å². The number of allylic oxidation sites excluding steroid dienone is 2. The number of hydrogen-bond donors (Lipinski definition) is 0. The molecule has 0 aromatic heterocycles. The minimum absolute atomic E-state index is 0.941. The van der Waals surface area contributed by atoms with Crippen LogP contribution in [0.3, 0.4) is 0 Å². The van der Waals surface area contributed by atoms with Crippen molar-refractivity contribution in [2.45, 2.75) is 144 Å². The lowest BCUT2D eigenvalue weighted by molar-refractivity contribution is 0.545. The maximum Gasteiger partial charge on any atom is 0.0848 e. The Hall–Kier alpha value is -2.48. The normalized spacial score (nSPS) is 12.6. The fourth-order valence-corrected chi connectivity index (χ4v) is 4.97. The maximum absolute atomic E-state index is 5.15. The minimum Gasteiger partial charge on any atom is -0.251 e. The maximum atomic E-state index is 5.15. The van der Waals surface area contributed by atoms with Gasteiger partial charge in [0, 0.05) is 0 Å². The number of unbranched alkanes of at least 4 members (excludes halogenated alkanes) is 13. The topological polar surface area (TPSA) is 24.7 Å². The van der Waals surface area contributed by atoms with Crippen molar-refractivity contribution >= 4 is 22.8 Å². The highest BCUT2D eigenvalue weighted by Crippen LogP contribution is 2.22. The van der Waals surface area contributed by atoms with Crippen LogP contribution in [0.25, 0.3) is 0 Å². The van der Waals surface area contributed by atoms with E-state index < -0.39 is 0 Å². The van der Waals surface area contributed by atoms with Gasteiger partial charge in [-0.2, -0.15) is 0 Å². The van der Waals surface area contributed by atoms with Gasteiger partial charge in [0.15, 0.2) is 0 Å². The highest BCUT2D eigenvalue weighted by molar-refractivity contribution is 6.47. The molecule has 0 saturated heterocycles. The molecule has 2 heteroatoms. The van der Waals surface area contributed by atoms with E-state index in [-0.39, 0.29) is 0 Å². The van der Waals surface area contributed by atoms with Crippen LogP contribution in [0.2, 0.25) is 0 Å². The molecular formula is C38H58N2. The van der Waals surface area contributed by atoms with Crippen molar-refractivity contribution in [2.75, 3.05) is 0 Å². The van der Waals surface area contributed by atoms with E-state index in [1.165, 1.54) is 99.3 Å². The molecule has 0 N–H and O–H groups in total. The van der Waals surface area contributed by atoms with E-state index >= 15 is 0 Å². The Balaban J connectivity index is 2.01. The zero-order valence-corrected chi connectivity index (χ0v) is 26.8. The quantitative estimate of drug-likeness (QED) is 0.117. The molecule has 0 amide bonds. The van der Waals surface area contributed by atoms with E-state index in [4.69, 9.17) is 9.98 Å². The zero-order valence-electron chi connectivity index (χ0n) is 26.8. The fraction of sp³-hybridized carbons (Fsp3) is 0.579. The SMILES string of the molecule is CCCCCCCCCCCCCC/C=C/C(=Nc1ccc(C)c(C)c1)C(CCCC)=Nc1ccc(C)c(C)c1. The number of hydrogen-bond acceptors (Lipinski definition) is 2. The first-order valence-corrected chi connectivity index (χ1v) is 16.4. The molecule has 0 aliphatic carbocycles. The molecule has 0 atom stereocenters. The molecule has 2 aromatic carbocycles. The van der Waals surface area contributed by atoms with Crippen LogP contribution in [0, 0.1) is 27.7 Å². The van der Waals surface area contributed by atoms with Crippen LogP contribution >= 0.6 is 0 Å². The van der Waals surface area contributed by atoms with Gasteiger partial charge < -0.3 is 0 Å². The third-order valence-electron chi connectivity index (χ3n) is 8.06. The van der Waals surface area contributed by atoms with Crippen LogP contribution < -0.4 is 0 Å². The van der Waals surface area contributed by atoms with Crippen molar-refractivity contribution in [3.05, 3.63) is 70.8 Å². The van der Waals surface area contributed by atoms with Crippen molar-refractivity contribution in [3.63, 3.8) is 0 Å². The van der Waals surface area contributed by atoms with Gasteiger partial charge in [-0.05, 0) is 106 Å². The lowest BCUT2D eigenvalue weighted by atomic mass is 10.0. The van der Waals surface area contributed by atoms with Crippen molar-refractivity contribution in [1.29, 1.82) is 0 Å². The summed E-state index contributed by atoms with van der Waals surface area (Å²) < 4.78 is 0. The summed E-state index contributed by atoms with van der Waals surface area (Å²) >= 11 is 0. The lowest BCUT2D eigenvalue weighted by Gasteiger charge is -2.10. The summed E-state index contributed by atoms with van der Waals surface area (Å²) in [6, 6.07) is 13.0. The lowest BCUT2D eigenvalue weighted by Crippen LogP contribution is -2.12. The number of nitrogens with zero attached hydrogens (tertiary/aromatic N) is 2. The second-order valence-corrected chi connectivity index (χ2v) is 11.8. The third kappa shape index (κ3) is 13.7. The first kappa shape index (κ1) is 33.7. The van der Waals surface area contributed by atoms with Crippen LogP contribution in [0.4, 0.5) is 11.4 Å². The molecule has 0 bridgehead atoms. The van der Waals surface area contributed by atoms with Gasteiger partial charge in [-0.1, -0.05) is 109 Å². The van der Waals surface area contributed by atoms with Crippen LogP contribution in [0.5, 0.6) is 0 Å². The highest BCUT2D eigenvalue weighted by atomic mass is 14.8. The molecule has 0 aliphatic heterocycles. The molecule has 2 rings (SSSR count). The largest absolute Gasteiger partial charge is 0.251 e. The molecular weight excluding hydrogens is 484 g/mol. The van der Waals surface area contributed by atoms with Gasteiger partial charge in [0.05, 0.1) is 22.8 Å². The summed E-state index contributed by atoms with van der Waals surface area (Å²) in [5, 5.41) is 0. The number of aryl methyl sites for hydroxylation is 4. The molecule has 0 aliphatic rings. The van der Waals surface area contributed by atoms with Gasteiger partial charge in [0.25, 0.3) is 0 Å². The molecule has 220 valence electrons. The molecule has 0 radical (unpaired) electrons. The van der Waals surface area contributed by atoms with Gasteiger partial charge in [0.2, 0.25) is 0 Å². The van der Waals surface area contributed by atoms with Crippen molar-refractivity contribution in [3.8, 4) is 0 Å². The Bertz CT molecular complexity index is 1070. The summed E-state index contributed by atoms with van der Waals surface area (Å²) in [6.07, 6.45) is 25.5. The van der Waals surface area contributed by atoms with E-state index in [0.29, 0.717) is 0 Å². The van der Waals surface area contributed by atoms with Crippen molar-refractivity contribution in [1.82, 2.24) is 0 Å². The minimum atomic E-state index is 0.941. The van der Waals surface area contributed by atoms with Gasteiger partial charge in [-0.25, -0.2) is 4.99 Å². The van der Waals surface area contributed by atoms with Gasteiger partial charge in [-0.3, -0.25) is 4.99 Å². The molecule has 2 nitrogen and oxygen atoms in total. The van der Waals surface area contributed by atoms with Crippen molar-refractivity contribution < 1.29 is 0 Å². The summed E-state index contributed by atoms with van der Waals surface area (Å²) in [5.74, 6) is 0. The predicted octanol–water partition coefficient (Wildman–Crippen LogP) is 12.6. The average Bonchev–Trinajstić information content (AvgIpc) is 2.94. The predicted molar refractivity (Wildman–Crippen MR) is 180 cm³/mol. The fourth-order valence-electron chi connectivity index (χ4n) is 4.97. The Morgan fingerprint density at radius 1 is 0.550 bits per heavy atom. The average molecular weight is 543 g/mol. The summed E-state index contributed by atoms with van der Waals surface area (Å²) in [4.78, 5) is 10.3. The van der Waals surface area contributed by atoms with Crippen molar-refractivity contribution in [2.24, 2.45) is 9.98 Å². The van der Waals surface area contributed by atoms with Crippen LogP contribution in [-0.4, -0.2) is 11.4 Å². The van der Waals surface area contributed by atoms with E-state index in [0.717, 1.165) is 48.5 Å². The first-order valence-electron chi connectivity index (χ1n) is 16.4. The molecule has 0 heterocycles. The monoisotopic (exact) mass is 542 g/mol. The number of aliphatic imine (C=N–C) groups is 2. The molecule has 0 unspecified atom stereocenters. The van der Waals surface area contributed by atoms with E-state index in [2.05, 4.69) is 90.1 Å². The molecule has 0 fully saturated rings. The Kier molecular flexibility index (Phi) is 17.2. The van der Waals surface area contributed by atoms with E-state index in [9.17, 15) is 0 Å². The van der Waals surface area contributed by atoms with E-state index in [1.54, 1.807) is 0 Å². The Morgan fingerprint density at radius 3 is 1.52 bits per heavy atom. The molecule has 40 heavy (non-hydrogen) atoms. The van der Waals surface area contributed by atoms with Crippen LogP contribution in [0.15, 0.2) is 58.5 Å². The summed E-state index contributed by atoms with van der Waals surface area (Å²) in [7, 11) is 0. The summed E-state index contributed by atoms with van der Waals surface area (Å²) in [5.41, 5.74) is 9.31. The van der Waals surface area contributed by atoms with Gasteiger partial charge in [0.1, 0.15) is 0 Å². The Labute approximate surface area is 247 Å².